The summed E-state index contributed by atoms with van der Waals surface area (Å²) in [6.07, 6.45) is 11.8. The summed E-state index contributed by atoms with van der Waals surface area (Å²) in [4.78, 5) is 5.71. The molecule has 2 unspecified atom stereocenters. The van der Waals surface area contributed by atoms with Crippen molar-refractivity contribution in [3.63, 3.8) is 0 Å². The number of rotatable bonds is 3. The van der Waals surface area contributed by atoms with Crippen LogP contribution in [0.1, 0.15) is 65.2 Å². The zero-order chi connectivity index (χ0) is 13.9. The van der Waals surface area contributed by atoms with Crippen molar-refractivity contribution < 1.29 is 0 Å². The highest BCUT2D eigenvalue weighted by Crippen LogP contribution is 2.30. The standard InChI is InChI=1S/C18H34N2/c1-15(2)18-14-19-11-7-6-10-17(19)13-20(18)12-16-8-4-3-5-9-16/h15-18H,3-14H2,1-2H3. The van der Waals surface area contributed by atoms with Gasteiger partial charge in [-0.05, 0) is 44.1 Å². The number of hydrogen-bond acceptors (Lipinski definition) is 2. The third-order valence-corrected chi connectivity index (χ3v) is 6.07. The maximum Gasteiger partial charge on any atom is 0.0247 e. The third-order valence-electron chi connectivity index (χ3n) is 6.07. The number of fused-ring (bicyclic) bond motifs is 1. The van der Waals surface area contributed by atoms with E-state index in [1.54, 1.807) is 0 Å². The maximum absolute atomic E-state index is 2.90. The molecule has 2 saturated heterocycles. The minimum absolute atomic E-state index is 0.807. The molecule has 3 rings (SSSR count). The Morgan fingerprint density at radius 2 is 1.65 bits per heavy atom. The summed E-state index contributed by atoms with van der Waals surface area (Å²) < 4.78 is 0. The van der Waals surface area contributed by atoms with Crippen LogP contribution in [0.5, 0.6) is 0 Å². The highest BCUT2D eigenvalue weighted by molar-refractivity contribution is 4.92. The van der Waals surface area contributed by atoms with Crippen molar-refractivity contribution in [1.29, 1.82) is 0 Å². The second-order valence-electron chi connectivity index (χ2n) is 7.91. The van der Waals surface area contributed by atoms with Crippen molar-refractivity contribution >= 4 is 0 Å². The van der Waals surface area contributed by atoms with Gasteiger partial charge in [0.25, 0.3) is 0 Å². The van der Waals surface area contributed by atoms with Gasteiger partial charge in [0.05, 0.1) is 0 Å². The van der Waals surface area contributed by atoms with Crippen LogP contribution in [0.25, 0.3) is 0 Å². The number of piperidine rings is 1. The normalized spacial score (nSPS) is 34.4. The summed E-state index contributed by atoms with van der Waals surface area (Å²) in [5.74, 6) is 1.81. The Bertz CT molecular complexity index is 294. The van der Waals surface area contributed by atoms with E-state index in [0.29, 0.717) is 0 Å². The van der Waals surface area contributed by atoms with E-state index in [1.165, 1.54) is 77.5 Å². The zero-order valence-corrected chi connectivity index (χ0v) is 13.7. The molecule has 0 N–H and O–H groups in total. The lowest BCUT2D eigenvalue weighted by molar-refractivity contribution is -0.0170. The minimum Gasteiger partial charge on any atom is -0.298 e. The number of nitrogens with zero attached hydrogens (tertiary/aromatic N) is 2. The monoisotopic (exact) mass is 278 g/mol. The molecule has 0 spiro atoms. The first-order chi connectivity index (χ1) is 9.74. The maximum atomic E-state index is 2.90. The van der Waals surface area contributed by atoms with E-state index in [-0.39, 0.29) is 0 Å². The molecule has 20 heavy (non-hydrogen) atoms. The average Bonchev–Trinajstić information content (AvgIpc) is 2.47. The molecule has 3 aliphatic rings. The number of piperazine rings is 1. The third kappa shape index (κ3) is 3.39. The Hall–Kier alpha value is -0.0800. The molecular weight excluding hydrogens is 244 g/mol. The molecule has 3 fully saturated rings. The van der Waals surface area contributed by atoms with Gasteiger partial charge in [0.2, 0.25) is 0 Å². The molecule has 0 aromatic carbocycles. The molecule has 2 aliphatic heterocycles. The Kier molecular flexibility index (Phi) is 5.04. The topological polar surface area (TPSA) is 6.48 Å². The molecule has 0 amide bonds. The predicted octanol–water partition coefficient (Wildman–Crippen LogP) is 3.76. The van der Waals surface area contributed by atoms with Crippen molar-refractivity contribution in [3.05, 3.63) is 0 Å². The lowest BCUT2D eigenvalue weighted by Gasteiger charge is -2.50. The van der Waals surface area contributed by atoms with Crippen molar-refractivity contribution in [1.82, 2.24) is 9.80 Å². The molecular formula is C18H34N2. The van der Waals surface area contributed by atoms with Gasteiger partial charge in [-0.25, -0.2) is 0 Å². The van der Waals surface area contributed by atoms with Crippen molar-refractivity contribution in [2.24, 2.45) is 11.8 Å². The second kappa shape index (κ2) is 6.79. The molecule has 2 nitrogen and oxygen atoms in total. The highest BCUT2D eigenvalue weighted by atomic mass is 15.3. The lowest BCUT2D eigenvalue weighted by Crippen LogP contribution is -2.61. The van der Waals surface area contributed by atoms with Gasteiger partial charge in [0.15, 0.2) is 0 Å². The van der Waals surface area contributed by atoms with E-state index in [1.807, 2.05) is 0 Å². The fourth-order valence-corrected chi connectivity index (χ4v) is 4.81. The summed E-state index contributed by atoms with van der Waals surface area (Å²) in [5, 5.41) is 0. The van der Waals surface area contributed by atoms with Crippen molar-refractivity contribution in [2.75, 3.05) is 26.2 Å². The van der Waals surface area contributed by atoms with Gasteiger partial charge in [-0.3, -0.25) is 9.80 Å². The van der Waals surface area contributed by atoms with Crippen molar-refractivity contribution in [2.45, 2.75) is 77.3 Å². The van der Waals surface area contributed by atoms with Gasteiger partial charge < -0.3 is 0 Å². The van der Waals surface area contributed by atoms with E-state index in [0.717, 1.165) is 23.9 Å². The summed E-state index contributed by atoms with van der Waals surface area (Å²) in [7, 11) is 0. The van der Waals surface area contributed by atoms with Crippen LogP contribution < -0.4 is 0 Å². The quantitative estimate of drug-likeness (QED) is 0.775. The van der Waals surface area contributed by atoms with Gasteiger partial charge in [-0.2, -0.15) is 0 Å². The average molecular weight is 278 g/mol. The van der Waals surface area contributed by atoms with Crippen LogP contribution in [0.2, 0.25) is 0 Å². The Labute approximate surface area is 125 Å². The van der Waals surface area contributed by atoms with Crippen LogP contribution >= 0.6 is 0 Å². The predicted molar refractivity (Wildman–Crippen MR) is 86.0 cm³/mol. The molecule has 2 atom stereocenters. The van der Waals surface area contributed by atoms with Crippen LogP contribution in [0.3, 0.4) is 0 Å². The summed E-state index contributed by atoms with van der Waals surface area (Å²) in [5.41, 5.74) is 0. The first-order valence-electron chi connectivity index (χ1n) is 9.22. The van der Waals surface area contributed by atoms with E-state index < -0.39 is 0 Å². The van der Waals surface area contributed by atoms with Gasteiger partial charge in [-0.1, -0.05) is 39.5 Å². The van der Waals surface area contributed by atoms with Crippen LogP contribution in [-0.4, -0.2) is 48.1 Å². The molecule has 0 bridgehead atoms. The first kappa shape index (κ1) is 14.8. The Morgan fingerprint density at radius 3 is 2.40 bits per heavy atom. The van der Waals surface area contributed by atoms with Gasteiger partial charge >= 0.3 is 0 Å². The molecule has 2 heteroatoms. The van der Waals surface area contributed by atoms with E-state index in [4.69, 9.17) is 0 Å². The molecule has 0 radical (unpaired) electrons. The lowest BCUT2D eigenvalue weighted by atomic mass is 9.86. The van der Waals surface area contributed by atoms with Crippen LogP contribution in [0.4, 0.5) is 0 Å². The zero-order valence-electron chi connectivity index (χ0n) is 13.7. The molecule has 0 aromatic heterocycles. The largest absolute Gasteiger partial charge is 0.298 e. The Morgan fingerprint density at radius 1 is 0.900 bits per heavy atom. The van der Waals surface area contributed by atoms with Gasteiger partial charge in [0.1, 0.15) is 0 Å². The van der Waals surface area contributed by atoms with Gasteiger partial charge in [0, 0.05) is 31.7 Å². The van der Waals surface area contributed by atoms with Crippen molar-refractivity contribution in [3.8, 4) is 0 Å². The van der Waals surface area contributed by atoms with E-state index >= 15 is 0 Å². The second-order valence-corrected chi connectivity index (χ2v) is 7.91. The fourth-order valence-electron chi connectivity index (χ4n) is 4.81. The highest BCUT2D eigenvalue weighted by Gasteiger charge is 2.36. The van der Waals surface area contributed by atoms with Crippen LogP contribution in [-0.2, 0) is 0 Å². The van der Waals surface area contributed by atoms with Crippen LogP contribution in [0, 0.1) is 11.8 Å². The summed E-state index contributed by atoms with van der Waals surface area (Å²) >= 11 is 0. The molecule has 1 saturated carbocycles. The molecule has 116 valence electrons. The summed E-state index contributed by atoms with van der Waals surface area (Å²) in [6.45, 7) is 10.3. The minimum atomic E-state index is 0.807. The van der Waals surface area contributed by atoms with Crippen LogP contribution in [0.15, 0.2) is 0 Å². The molecule has 1 aliphatic carbocycles. The van der Waals surface area contributed by atoms with E-state index in [2.05, 4.69) is 23.6 Å². The van der Waals surface area contributed by atoms with E-state index in [9.17, 15) is 0 Å². The fraction of sp³-hybridized carbons (Fsp3) is 1.00. The SMILES string of the molecule is CC(C)C1CN2CCCCC2CN1CC1CCCCC1. The summed E-state index contributed by atoms with van der Waals surface area (Å²) in [6, 6.07) is 1.69. The van der Waals surface area contributed by atoms with Gasteiger partial charge in [-0.15, -0.1) is 0 Å². The molecule has 0 aromatic rings. The smallest absolute Gasteiger partial charge is 0.0247 e. The first-order valence-corrected chi connectivity index (χ1v) is 9.22. The molecule has 2 heterocycles. The number of hydrogen-bond donors (Lipinski definition) is 0. The Balaban J connectivity index is 1.62.